The maximum atomic E-state index is 12.2. The summed E-state index contributed by atoms with van der Waals surface area (Å²) in [5.41, 5.74) is 1.16. The van der Waals surface area contributed by atoms with E-state index in [1.54, 1.807) is 30.3 Å². The SMILES string of the molecule is N#CC(=Cc1ccoc1)S(=O)(=O)Cc1cccc(Br)c1. The molecule has 2 aromatic rings. The number of allylic oxidation sites excluding steroid dienone is 1. The van der Waals surface area contributed by atoms with E-state index in [-0.39, 0.29) is 10.7 Å². The largest absolute Gasteiger partial charge is 0.472 e. The molecule has 6 heteroatoms. The Morgan fingerprint density at radius 2 is 2.20 bits per heavy atom. The normalized spacial score (nSPS) is 12.1. The molecule has 0 aliphatic heterocycles. The van der Waals surface area contributed by atoms with Gasteiger partial charge in [0.2, 0.25) is 0 Å². The van der Waals surface area contributed by atoms with E-state index in [1.165, 1.54) is 18.6 Å². The zero-order chi connectivity index (χ0) is 14.6. The van der Waals surface area contributed by atoms with Gasteiger partial charge in [0, 0.05) is 10.0 Å². The van der Waals surface area contributed by atoms with Crippen molar-refractivity contribution in [3.8, 4) is 6.07 Å². The van der Waals surface area contributed by atoms with E-state index >= 15 is 0 Å². The van der Waals surface area contributed by atoms with Crippen LogP contribution in [0.3, 0.4) is 0 Å². The molecule has 0 amide bonds. The standard InChI is InChI=1S/C14H10BrNO3S/c15-13-3-1-2-12(6-13)10-20(17,18)14(8-16)7-11-4-5-19-9-11/h1-7,9H,10H2. The van der Waals surface area contributed by atoms with Gasteiger partial charge in [-0.05, 0) is 29.8 Å². The smallest absolute Gasteiger partial charge is 0.192 e. The molecule has 0 saturated carbocycles. The quantitative estimate of drug-likeness (QED) is 0.790. The molecule has 0 fully saturated rings. The number of furan rings is 1. The van der Waals surface area contributed by atoms with Crippen LogP contribution in [-0.4, -0.2) is 8.42 Å². The van der Waals surface area contributed by atoms with Crippen molar-refractivity contribution in [1.82, 2.24) is 0 Å². The minimum Gasteiger partial charge on any atom is -0.472 e. The van der Waals surface area contributed by atoms with Crippen molar-refractivity contribution >= 4 is 31.8 Å². The Bertz CT molecular complexity index is 771. The van der Waals surface area contributed by atoms with Gasteiger partial charge in [-0.3, -0.25) is 0 Å². The van der Waals surface area contributed by atoms with Crippen LogP contribution >= 0.6 is 15.9 Å². The lowest BCUT2D eigenvalue weighted by atomic mass is 10.2. The van der Waals surface area contributed by atoms with Crippen molar-refractivity contribution in [3.63, 3.8) is 0 Å². The summed E-state index contributed by atoms with van der Waals surface area (Å²) in [6.45, 7) is 0. The first kappa shape index (κ1) is 14.6. The predicted molar refractivity (Wildman–Crippen MR) is 79.1 cm³/mol. The van der Waals surface area contributed by atoms with Crippen molar-refractivity contribution in [3.05, 3.63) is 63.4 Å². The molecule has 2 rings (SSSR count). The van der Waals surface area contributed by atoms with E-state index in [2.05, 4.69) is 15.9 Å². The Morgan fingerprint density at radius 3 is 2.80 bits per heavy atom. The van der Waals surface area contributed by atoms with Crippen LogP contribution in [-0.2, 0) is 15.6 Å². The van der Waals surface area contributed by atoms with Crippen molar-refractivity contribution < 1.29 is 12.8 Å². The molecule has 20 heavy (non-hydrogen) atoms. The van der Waals surface area contributed by atoms with E-state index in [9.17, 15) is 8.42 Å². The van der Waals surface area contributed by atoms with Crippen LogP contribution in [0.2, 0.25) is 0 Å². The fourth-order valence-corrected chi connectivity index (χ4v) is 3.30. The average Bonchev–Trinajstić information content (AvgIpc) is 2.88. The highest BCUT2D eigenvalue weighted by Crippen LogP contribution is 2.19. The molecule has 0 N–H and O–H groups in total. The van der Waals surface area contributed by atoms with Gasteiger partial charge in [0.1, 0.15) is 11.0 Å². The van der Waals surface area contributed by atoms with Crippen LogP contribution < -0.4 is 0 Å². The summed E-state index contributed by atoms with van der Waals surface area (Å²) in [6.07, 6.45) is 4.10. The number of nitriles is 1. The lowest BCUT2D eigenvalue weighted by molar-refractivity contribution is 0.567. The summed E-state index contributed by atoms with van der Waals surface area (Å²) < 4.78 is 30.1. The molecular weight excluding hydrogens is 342 g/mol. The van der Waals surface area contributed by atoms with E-state index in [1.807, 2.05) is 6.07 Å². The number of nitrogens with zero attached hydrogens (tertiary/aromatic N) is 1. The Labute approximate surface area is 125 Å². The third-order valence-corrected chi connectivity index (χ3v) is 4.62. The highest BCUT2D eigenvalue weighted by molar-refractivity contribution is 9.10. The Balaban J connectivity index is 2.32. The number of hydrogen-bond acceptors (Lipinski definition) is 4. The zero-order valence-corrected chi connectivity index (χ0v) is 12.7. The highest BCUT2D eigenvalue weighted by atomic mass is 79.9. The van der Waals surface area contributed by atoms with Gasteiger partial charge in [-0.25, -0.2) is 8.42 Å². The predicted octanol–water partition coefficient (Wildman–Crippen LogP) is 3.52. The van der Waals surface area contributed by atoms with Gasteiger partial charge >= 0.3 is 0 Å². The number of hydrogen-bond donors (Lipinski definition) is 0. The summed E-state index contributed by atoms with van der Waals surface area (Å²) in [5, 5.41) is 9.06. The summed E-state index contributed by atoms with van der Waals surface area (Å²) in [5.74, 6) is -0.219. The topological polar surface area (TPSA) is 71.1 Å². The monoisotopic (exact) mass is 351 g/mol. The number of rotatable bonds is 4. The molecule has 0 bridgehead atoms. The van der Waals surface area contributed by atoms with Crippen molar-refractivity contribution in [1.29, 1.82) is 5.26 Å². The van der Waals surface area contributed by atoms with Crippen LogP contribution in [0.4, 0.5) is 0 Å². The molecule has 0 spiro atoms. The first-order chi connectivity index (χ1) is 9.51. The van der Waals surface area contributed by atoms with Gasteiger partial charge in [0.05, 0.1) is 18.3 Å². The summed E-state index contributed by atoms with van der Waals surface area (Å²) >= 11 is 3.29. The summed E-state index contributed by atoms with van der Waals surface area (Å²) in [4.78, 5) is -0.279. The third kappa shape index (κ3) is 3.59. The van der Waals surface area contributed by atoms with Crippen LogP contribution in [0, 0.1) is 11.3 Å². The van der Waals surface area contributed by atoms with Crippen molar-refractivity contribution in [2.75, 3.05) is 0 Å². The van der Waals surface area contributed by atoms with Crippen molar-refractivity contribution in [2.45, 2.75) is 5.75 Å². The van der Waals surface area contributed by atoms with Crippen LogP contribution in [0.15, 0.2) is 56.7 Å². The maximum Gasteiger partial charge on any atom is 0.192 e. The van der Waals surface area contributed by atoms with E-state index in [0.29, 0.717) is 11.1 Å². The molecule has 0 atom stereocenters. The first-order valence-electron chi connectivity index (χ1n) is 5.62. The number of benzene rings is 1. The van der Waals surface area contributed by atoms with Gasteiger partial charge in [-0.1, -0.05) is 28.1 Å². The van der Waals surface area contributed by atoms with Gasteiger partial charge in [0.25, 0.3) is 0 Å². The first-order valence-corrected chi connectivity index (χ1v) is 8.07. The van der Waals surface area contributed by atoms with E-state index in [0.717, 1.165) is 4.47 Å². The number of halogens is 1. The molecule has 1 aromatic heterocycles. The lowest BCUT2D eigenvalue weighted by Crippen LogP contribution is -2.06. The molecule has 102 valence electrons. The van der Waals surface area contributed by atoms with Gasteiger partial charge in [0.15, 0.2) is 9.84 Å². The zero-order valence-electron chi connectivity index (χ0n) is 10.3. The van der Waals surface area contributed by atoms with Crippen molar-refractivity contribution in [2.24, 2.45) is 0 Å². The van der Waals surface area contributed by atoms with E-state index < -0.39 is 9.84 Å². The Hall–Kier alpha value is -1.84. The van der Waals surface area contributed by atoms with Crippen LogP contribution in [0.25, 0.3) is 6.08 Å². The lowest BCUT2D eigenvalue weighted by Gasteiger charge is -2.03. The molecule has 0 aliphatic carbocycles. The van der Waals surface area contributed by atoms with Crippen LogP contribution in [0.1, 0.15) is 11.1 Å². The van der Waals surface area contributed by atoms with E-state index in [4.69, 9.17) is 9.68 Å². The van der Waals surface area contributed by atoms with Gasteiger partial charge < -0.3 is 4.42 Å². The molecule has 4 nitrogen and oxygen atoms in total. The Morgan fingerprint density at radius 1 is 1.40 bits per heavy atom. The van der Waals surface area contributed by atoms with Gasteiger partial charge in [-0.15, -0.1) is 0 Å². The third-order valence-electron chi connectivity index (χ3n) is 2.53. The minimum atomic E-state index is -3.68. The molecule has 0 saturated heterocycles. The number of sulfone groups is 1. The second kappa shape index (κ2) is 6.07. The molecular formula is C14H10BrNO3S. The second-order valence-corrected chi connectivity index (χ2v) is 6.94. The molecule has 1 heterocycles. The average molecular weight is 352 g/mol. The fraction of sp³-hybridized carbons (Fsp3) is 0.0714. The molecule has 0 radical (unpaired) electrons. The maximum absolute atomic E-state index is 12.2. The van der Waals surface area contributed by atoms with Gasteiger partial charge in [-0.2, -0.15) is 5.26 Å². The van der Waals surface area contributed by atoms with Crippen LogP contribution in [0.5, 0.6) is 0 Å². The Kier molecular flexibility index (Phi) is 4.42. The molecule has 0 unspecified atom stereocenters. The fourth-order valence-electron chi connectivity index (χ4n) is 1.62. The summed E-state index contributed by atoms with van der Waals surface area (Å²) in [6, 6.07) is 10.3. The minimum absolute atomic E-state index is 0.219. The summed E-state index contributed by atoms with van der Waals surface area (Å²) in [7, 11) is -3.68. The molecule has 1 aromatic carbocycles. The highest BCUT2D eigenvalue weighted by Gasteiger charge is 2.19. The second-order valence-electron chi connectivity index (χ2n) is 4.07. The molecule has 0 aliphatic rings.